The van der Waals surface area contributed by atoms with Crippen LogP contribution in [0.3, 0.4) is 0 Å². The highest BCUT2D eigenvalue weighted by Crippen LogP contribution is 2.48. The largest absolute Gasteiger partial charge is 0.310 e. The molecule has 0 bridgehead atoms. The van der Waals surface area contributed by atoms with E-state index in [0.29, 0.717) is 0 Å². The van der Waals surface area contributed by atoms with Crippen molar-refractivity contribution in [3.05, 3.63) is 462 Å². The molecule has 140 heavy (non-hydrogen) atoms. The lowest BCUT2D eigenvalue weighted by Crippen LogP contribution is -2.58. The normalized spacial score (nSPS) is 12.9. The van der Waals surface area contributed by atoms with Crippen molar-refractivity contribution in [2.45, 2.75) is 29.4 Å². The van der Waals surface area contributed by atoms with Crippen molar-refractivity contribution >= 4 is 237 Å². The van der Waals surface area contributed by atoms with E-state index < -0.39 is 0 Å². The van der Waals surface area contributed by atoms with Crippen LogP contribution in [-0.4, -0.2) is 62.5 Å². The van der Waals surface area contributed by atoms with Gasteiger partial charge in [0, 0.05) is 136 Å². The first-order chi connectivity index (χ1) is 69.5. The van der Waals surface area contributed by atoms with E-state index in [2.05, 4.69) is 486 Å². The lowest BCUT2D eigenvalue weighted by atomic mass is 9.35. The number of rotatable bonds is 10. The Labute approximate surface area is 819 Å². The van der Waals surface area contributed by atoms with Crippen LogP contribution in [0.4, 0.5) is 34.1 Å². The van der Waals surface area contributed by atoms with Gasteiger partial charge < -0.3 is 23.5 Å². The Morgan fingerprint density at radius 1 is 0.214 bits per heavy atom. The molecule has 26 aromatic rings. The average molecular weight is 1840 g/mol. The molecule has 0 aliphatic carbocycles. The summed E-state index contributed by atoms with van der Waals surface area (Å²) in [5.74, 6) is 0.968. The number of aromatic nitrogens is 9. The molecule has 0 N–H and O–H groups in total. The van der Waals surface area contributed by atoms with Crippen molar-refractivity contribution in [2.75, 3.05) is 9.80 Å². The van der Waals surface area contributed by atoms with Gasteiger partial charge in [0.25, 0.3) is 0 Å². The Bertz CT molecular complexity index is 9450. The highest BCUT2D eigenvalue weighted by Gasteiger charge is 2.45. The van der Waals surface area contributed by atoms with E-state index in [1.165, 1.54) is 189 Å². The number of benzene rings is 20. The van der Waals surface area contributed by atoms with Gasteiger partial charge in [0.2, 0.25) is 20.1 Å². The summed E-state index contributed by atoms with van der Waals surface area (Å²) in [5.41, 5.74) is 41.2. The maximum Gasteiger partial charge on any atom is 0.249 e. The topological polar surface area (TPSA) is 74.7 Å². The van der Waals surface area contributed by atoms with Crippen molar-refractivity contribution in [3.63, 3.8) is 0 Å². The standard InChI is InChI=1S/C49H31BN4S.C43H27BN4S.C31H18BN3S/c1-4-15-32(16-5-1)49-51-41-24-14-23-40-48(41)54(49)44-29-36(53-42-25-12-10-21-37(42)38-22-11-13-26-43(38)53)31-46-47(44)50(40)39-28-27-35(30-45(39)55-46)52(33-17-6-2-7-18-33)34-19-8-3-9-20-34;1-3-12-28(13-4-1)47(29-14-5-2-6-15-29)31-24-39-42-41(26-31)49-40-25-30(48-37-20-9-7-16-32(37)33-17-8-10-21-38(33)48)22-23-34(40)44(42)35-18-11-19-36-43(35)46(39)27-45-36;1-3-11-25-20(7-1)21-8-2-4-12-26(21)35(25)19-15-16-22-29(17-19)36-28-14-6-13-27-30(28)32(22)23-9-5-10-24-31(23)34(27)18-33-24/h1-31H;1-27H;1-18H. The summed E-state index contributed by atoms with van der Waals surface area (Å²) in [6.45, 7) is 0.380. The Morgan fingerprint density at radius 3 is 1.04 bits per heavy atom. The number of fused-ring (bicyclic) bond motifs is 21. The van der Waals surface area contributed by atoms with Crippen molar-refractivity contribution in [1.29, 1.82) is 0 Å². The molecular formula is C123H76B3N11S3. The number of anilines is 6. The second kappa shape index (κ2) is 31.3. The summed E-state index contributed by atoms with van der Waals surface area (Å²) in [6, 6.07) is 163. The van der Waals surface area contributed by atoms with Gasteiger partial charge in [0.05, 0.1) is 66.2 Å². The minimum atomic E-state index is 0.0564. The van der Waals surface area contributed by atoms with Crippen molar-refractivity contribution in [3.8, 4) is 45.5 Å². The van der Waals surface area contributed by atoms with Gasteiger partial charge in [-0.25, -0.2) is 15.0 Å². The van der Waals surface area contributed by atoms with E-state index in [1.54, 1.807) is 0 Å². The smallest absolute Gasteiger partial charge is 0.249 e. The van der Waals surface area contributed by atoms with E-state index in [-0.39, 0.29) is 20.1 Å². The molecule has 0 unspecified atom stereocenters. The van der Waals surface area contributed by atoms with Crippen LogP contribution in [0.1, 0.15) is 0 Å². The Balaban J connectivity index is 0.000000101. The number of imidazole rings is 3. The van der Waals surface area contributed by atoms with Gasteiger partial charge in [-0.1, -0.05) is 325 Å². The van der Waals surface area contributed by atoms with Crippen LogP contribution < -0.4 is 59.0 Å². The molecule has 6 aromatic heterocycles. The zero-order chi connectivity index (χ0) is 91.5. The van der Waals surface area contributed by atoms with Gasteiger partial charge in [-0.2, -0.15) is 0 Å². The van der Waals surface area contributed by atoms with Crippen LogP contribution in [-0.2, 0) is 0 Å². The van der Waals surface area contributed by atoms with Crippen LogP contribution >= 0.6 is 35.3 Å². The Kier molecular flexibility index (Phi) is 17.7. The summed E-state index contributed by atoms with van der Waals surface area (Å²) < 4.78 is 14.3. The molecule has 17 heteroatoms. The van der Waals surface area contributed by atoms with Gasteiger partial charge >= 0.3 is 0 Å². The van der Waals surface area contributed by atoms with E-state index in [4.69, 9.17) is 15.0 Å². The molecule has 650 valence electrons. The molecule has 0 radical (unpaired) electrons. The van der Waals surface area contributed by atoms with E-state index >= 15 is 0 Å². The predicted octanol–water partition coefficient (Wildman–Crippen LogP) is 24.9. The predicted molar refractivity (Wildman–Crippen MR) is 587 cm³/mol. The lowest BCUT2D eigenvalue weighted by Gasteiger charge is -2.35. The number of nitrogens with zero attached hydrogens (tertiary/aromatic N) is 11. The van der Waals surface area contributed by atoms with Crippen LogP contribution in [0.5, 0.6) is 0 Å². The highest BCUT2D eigenvalue weighted by atomic mass is 32.2. The van der Waals surface area contributed by atoms with Gasteiger partial charge in [-0.05, 0) is 209 Å². The maximum atomic E-state index is 5.37. The monoisotopic (exact) mass is 1840 g/mol. The quantitative estimate of drug-likeness (QED) is 0.125. The molecule has 0 fully saturated rings. The summed E-state index contributed by atoms with van der Waals surface area (Å²) >= 11 is 5.67. The third kappa shape index (κ3) is 12.0. The third-order valence-electron chi connectivity index (χ3n) is 29.4. The van der Waals surface area contributed by atoms with Crippen molar-refractivity contribution in [1.82, 2.24) is 42.4 Å². The molecule has 11 nitrogen and oxygen atoms in total. The fraction of sp³-hybridized carbons (Fsp3) is 0. The highest BCUT2D eigenvalue weighted by molar-refractivity contribution is 8.00. The van der Waals surface area contributed by atoms with Crippen LogP contribution in [0.15, 0.2) is 491 Å². The zero-order valence-corrected chi connectivity index (χ0v) is 77.7. The minimum Gasteiger partial charge on any atom is -0.310 e. The SMILES string of the molecule is c1cc2c3c(c1)-n1cnc4cccc(c41)B3c1ccc(-n3c4ccccc4c4ccccc43)cc1S2.c1ccc(-c2nc3cccc4c3n2-c2cc(-n3c5ccccc5c5ccccc53)cc3c2B4c2ccc(N(c4ccccc4)c4ccccc4)cc2S3)cc1.c1ccc(N(c2ccccc2)c2cc3c4c(c2)-n2cnc5cccc(c52)B4c2ccc(-n4c5ccccc5c5ccccc54)cc2S3)cc1. The second-order valence-electron chi connectivity index (χ2n) is 36.8. The molecular weight excluding hydrogens is 1760 g/mol. The number of hydrogen-bond donors (Lipinski definition) is 0. The van der Waals surface area contributed by atoms with Crippen LogP contribution in [0.2, 0.25) is 0 Å². The van der Waals surface area contributed by atoms with Crippen molar-refractivity contribution in [2.24, 2.45) is 0 Å². The first kappa shape index (κ1) is 79.3. The van der Waals surface area contributed by atoms with E-state index in [9.17, 15) is 0 Å². The molecule has 12 heterocycles. The second-order valence-corrected chi connectivity index (χ2v) is 40.1. The van der Waals surface area contributed by atoms with Crippen molar-refractivity contribution < 1.29 is 0 Å². The Morgan fingerprint density at radius 2 is 0.564 bits per heavy atom. The van der Waals surface area contributed by atoms with E-state index in [1.807, 2.05) is 47.9 Å². The lowest BCUT2D eigenvalue weighted by molar-refractivity contribution is 1.08. The fourth-order valence-corrected chi connectivity index (χ4v) is 27.4. The zero-order valence-electron chi connectivity index (χ0n) is 75.3. The fourth-order valence-electron chi connectivity index (χ4n) is 23.7. The minimum absolute atomic E-state index is 0.0564. The van der Waals surface area contributed by atoms with Crippen LogP contribution in [0.25, 0.3) is 144 Å². The molecule has 0 spiro atoms. The molecule has 0 atom stereocenters. The molecule has 6 aliphatic heterocycles. The van der Waals surface area contributed by atoms with E-state index in [0.717, 1.165) is 67.7 Å². The molecule has 6 aliphatic rings. The van der Waals surface area contributed by atoms with Gasteiger partial charge in [0.1, 0.15) is 18.5 Å². The molecule has 32 rings (SSSR count). The van der Waals surface area contributed by atoms with Gasteiger partial charge in [-0.15, -0.1) is 0 Å². The number of hydrogen-bond acceptors (Lipinski definition) is 8. The molecule has 20 aromatic carbocycles. The summed E-state index contributed by atoms with van der Waals surface area (Å²) in [5, 5.41) is 7.65. The first-order valence-corrected chi connectivity index (χ1v) is 50.1. The maximum absolute atomic E-state index is 5.37. The Hall–Kier alpha value is -16.9. The summed E-state index contributed by atoms with van der Waals surface area (Å²) in [6.07, 6.45) is 3.98. The molecule has 0 saturated heterocycles. The summed E-state index contributed by atoms with van der Waals surface area (Å²) in [4.78, 5) is 27.5. The van der Waals surface area contributed by atoms with Crippen LogP contribution in [0, 0.1) is 0 Å². The molecule has 0 amide bonds. The average Bonchev–Trinajstić information content (AvgIpc) is 1.34. The van der Waals surface area contributed by atoms with Gasteiger partial charge in [-0.3, -0.25) is 13.7 Å². The molecule has 0 saturated carbocycles. The first-order valence-electron chi connectivity index (χ1n) is 47.7. The van der Waals surface area contributed by atoms with Gasteiger partial charge in [0.15, 0.2) is 0 Å². The number of para-hydroxylation sites is 13. The third-order valence-corrected chi connectivity index (χ3v) is 32.8. The summed E-state index contributed by atoms with van der Waals surface area (Å²) in [7, 11) is 0.